The summed E-state index contributed by atoms with van der Waals surface area (Å²) in [5.41, 5.74) is 26.0. The van der Waals surface area contributed by atoms with Crippen molar-refractivity contribution in [3.05, 3.63) is 36.4 Å². The van der Waals surface area contributed by atoms with Crippen LogP contribution in [0.1, 0.15) is 0 Å². The van der Waals surface area contributed by atoms with Gasteiger partial charge >= 0.3 is 0 Å². The molecule has 8 N–H and O–H groups in total. The fourth-order valence-electron chi connectivity index (χ4n) is 1.48. The maximum Gasteiger partial charge on any atom is 0.0583 e. The Morgan fingerprint density at radius 1 is 0.588 bits per heavy atom. The predicted molar refractivity (Wildman–Crippen MR) is 74.7 cm³/mol. The number of hydrogen-bond acceptors (Lipinski definition) is 5. The summed E-state index contributed by atoms with van der Waals surface area (Å²) in [6, 6.07) is 10.8. The average molecular weight is 246 g/mol. The van der Waals surface area contributed by atoms with Crippen LogP contribution in [-0.4, -0.2) is 0 Å². The predicted octanol–water partition coefficient (Wildman–Crippen LogP) is 2.17. The first-order valence-electron chi connectivity index (χ1n) is 5.05. The number of nitrogens with two attached hydrogens (primary N) is 4. The van der Waals surface area contributed by atoms with Crippen LogP contribution in [-0.2, 0) is 0 Å². The number of benzene rings is 2. The molecule has 88 valence electrons. The highest BCUT2D eigenvalue weighted by Gasteiger charge is 2.10. The van der Waals surface area contributed by atoms with Crippen LogP contribution in [0, 0.1) is 0 Å². The first kappa shape index (κ1) is 11.5. The molecule has 5 heteroatoms. The zero-order chi connectivity index (χ0) is 12.4. The average Bonchev–Trinajstić information content (AvgIpc) is 2.27. The summed E-state index contributed by atoms with van der Waals surface area (Å²) in [5, 5.41) is 0. The Labute approximate surface area is 104 Å². The van der Waals surface area contributed by atoms with Crippen molar-refractivity contribution in [2.24, 2.45) is 0 Å². The molecule has 0 amide bonds. The van der Waals surface area contributed by atoms with Crippen molar-refractivity contribution in [1.29, 1.82) is 0 Å². The van der Waals surface area contributed by atoms with Gasteiger partial charge in [-0.1, -0.05) is 23.9 Å². The molecule has 0 aliphatic carbocycles. The fraction of sp³-hybridized carbons (Fsp3) is 0. The Balaban J connectivity index is 2.45. The van der Waals surface area contributed by atoms with Crippen LogP contribution in [0.3, 0.4) is 0 Å². The molecule has 2 aromatic rings. The summed E-state index contributed by atoms with van der Waals surface area (Å²) in [6.45, 7) is 0. The van der Waals surface area contributed by atoms with Crippen LogP contribution in [0.25, 0.3) is 0 Å². The third-order valence-corrected chi connectivity index (χ3v) is 3.71. The van der Waals surface area contributed by atoms with Gasteiger partial charge in [-0.2, -0.15) is 0 Å². The first-order valence-corrected chi connectivity index (χ1v) is 5.87. The lowest BCUT2D eigenvalue weighted by Crippen LogP contribution is -1.98. The standard InChI is InChI=1S/C12H14N4S/c13-7-3-1-4-8(14)11(7)17-12-9(15)5-2-6-10(12)16/h1-6H,13-16H2. The molecule has 0 saturated carbocycles. The molecule has 4 nitrogen and oxygen atoms in total. The van der Waals surface area contributed by atoms with E-state index in [2.05, 4.69) is 0 Å². The van der Waals surface area contributed by atoms with Crippen LogP contribution >= 0.6 is 11.8 Å². The molecule has 0 aliphatic heterocycles. The van der Waals surface area contributed by atoms with Crippen molar-refractivity contribution in [3.8, 4) is 0 Å². The van der Waals surface area contributed by atoms with E-state index in [-0.39, 0.29) is 0 Å². The van der Waals surface area contributed by atoms with Crippen molar-refractivity contribution in [2.45, 2.75) is 9.79 Å². The van der Waals surface area contributed by atoms with Crippen molar-refractivity contribution in [2.75, 3.05) is 22.9 Å². The molecule has 0 heterocycles. The summed E-state index contributed by atoms with van der Waals surface area (Å²) < 4.78 is 0. The van der Waals surface area contributed by atoms with Gasteiger partial charge in [0.2, 0.25) is 0 Å². The lowest BCUT2D eigenvalue weighted by atomic mass is 10.3. The van der Waals surface area contributed by atoms with Crippen LogP contribution in [0.4, 0.5) is 22.7 Å². The lowest BCUT2D eigenvalue weighted by molar-refractivity contribution is 1.41. The van der Waals surface area contributed by atoms with E-state index in [0.29, 0.717) is 22.7 Å². The molecule has 0 bridgehead atoms. The van der Waals surface area contributed by atoms with Gasteiger partial charge in [-0.15, -0.1) is 0 Å². The van der Waals surface area contributed by atoms with E-state index in [1.807, 2.05) is 12.1 Å². The highest BCUT2D eigenvalue weighted by molar-refractivity contribution is 8.00. The monoisotopic (exact) mass is 246 g/mol. The topological polar surface area (TPSA) is 104 Å². The molecular weight excluding hydrogens is 232 g/mol. The molecule has 0 atom stereocenters. The second-order valence-electron chi connectivity index (χ2n) is 3.63. The zero-order valence-corrected chi connectivity index (χ0v) is 10.00. The van der Waals surface area contributed by atoms with Gasteiger partial charge in [0.1, 0.15) is 0 Å². The molecule has 0 aliphatic rings. The van der Waals surface area contributed by atoms with Crippen molar-refractivity contribution in [1.82, 2.24) is 0 Å². The number of nitrogen functional groups attached to an aromatic ring is 4. The van der Waals surface area contributed by atoms with E-state index in [9.17, 15) is 0 Å². The van der Waals surface area contributed by atoms with E-state index < -0.39 is 0 Å². The number of anilines is 4. The molecule has 0 fully saturated rings. The number of hydrogen-bond donors (Lipinski definition) is 4. The maximum atomic E-state index is 5.89. The summed E-state index contributed by atoms with van der Waals surface area (Å²) >= 11 is 1.39. The van der Waals surface area contributed by atoms with E-state index in [1.54, 1.807) is 24.3 Å². The molecular formula is C12H14N4S. The van der Waals surface area contributed by atoms with Crippen LogP contribution in [0.5, 0.6) is 0 Å². The van der Waals surface area contributed by atoms with Gasteiger partial charge in [-0.05, 0) is 24.3 Å². The van der Waals surface area contributed by atoms with E-state index in [0.717, 1.165) is 9.79 Å². The van der Waals surface area contributed by atoms with E-state index >= 15 is 0 Å². The smallest absolute Gasteiger partial charge is 0.0583 e. The molecule has 0 spiro atoms. The largest absolute Gasteiger partial charge is 0.398 e. The highest BCUT2D eigenvalue weighted by Crippen LogP contribution is 2.41. The first-order chi connectivity index (χ1) is 8.09. The SMILES string of the molecule is Nc1cccc(N)c1Sc1c(N)cccc1N. The van der Waals surface area contributed by atoms with E-state index in [1.165, 1.54) is 11.8 Å². The normalized spacial score (nSPS) is 10.4. The molecule has 2 rings (SSSR count). The minimum Gasteiger partial charge on any atom is -0.398 e. The van der Waals surface area contributed by atoms with Gasteiger partial charge in [0, 0.05) is 22.7 Å². The van der Waals surface area contributed by atoms with Gasteiger partial charge in [0.25, 0.3) is 0 Å². The van der Waals surface area contributed by atoms with Crippen molar-refractivity contribution in [3.63, 3.8) is 0 Å². The summed E-state index contributed by atoms with van der Waals surface area (Å²) in [7, 11) is 0. The summed E-state index contributed by atoms with van der Waals surface area (Å²) in [5.74, 6) is 0. The second-order valence-corrected chi connectivity index (χ2v) is 4.65. The minimum atomic E-state index is 0.623. The highest BCUT2D eigenvalue weighted by atomic mass is 32.2. The fourth-order valence-corrected chi connectivity index (χ4v) is 2.43. The summed E-state index contributed by atoms with van der Waals surface area (Å²) in [6.07, 6.45) is 0. The third-order valence-electron chi connectivity index (χ3n) is 2.36. The van der Waals surface area contributed by atoms with Crippen molar-refractivity contribution < 1.29 is 0 Å². The Morgan fingerprint density at radius 2 is 0.882 bits per heavy atom. The van der Waals surface area contributed by atoms with Crippen LogP contribution in [0.15, 0.2) is 46.2 Å². The van der Waals surface area contributed by atoms with E-state index in [4.69, 9.17) is 22.9 Å². The quantitative estimate of drug-likeness (QED) is 0.608. The Kier molecular flexibility index (Phi) is 3.01. The Bertz CT molecular complexity index is 464. The molecule has 0 saturated heterocycles. The van der Waals surface area contributed by atoms with Gasteiger partial charge in [0.05, 0.1) is 9.79 Å². The molecule has 0 aromatic heterocycles. The molecule has 0 radical (unpaired) electrons. The number of rotatable bonds is 2. The Hall–Kier alpha value is -2.01. The van der Waals surface area contributed by atoms with Gasteiger partial charge in [-0.25, -0.2) is 0 Å². The lowest BCUT2D eigenvalue weighted by Gasteiger charge is -2.12. The third kappa shape index (κ3) is 2.24. The Morgan fingerprint density at radius 3 is 1.18 bits per heavy atom. The zero-order valence-electron chi connectivity index (χ0n) is 9.18. The summed E-state index contributed by atoms with van der Waals surface area (Å²) in [4.78, 5) is 1.58. The molecule has 2 aromatic carbocycles. The van der Waals surface area contributed by atoms with Crippen LogP contribution < -0.4 is 22.9 Å². The molecule has 17 heavy (non-hydrogen) atoms. The minimum absolute atomic E-state index is 0.623. The maximum absolute atomic E-state index is 5.89. The van der Waals surface area contributed by atoms with Gasteiger partial charge in [0.15, 0.2) is 0 Å². The molecule has 0 unspecified atom stereocenters. The second kappa shape index (κ2) is 4.47. The van der Waals surface area contributed by atoms with Gasteiger partial charge in [-0.3, -0.25) is 0 Å². The van der Waals surface area contributed by atoms with Crippen molar-refractivity contribution >= 4 is 34.5 Å². The van der Waals surface area contributed by atoms with Gasteiger partial charge < -0.3 is 22.9 Å². The van der Waals surface area contributed by atoms with Crippen LogP contribution in [0.2, 0.25) is 0 Å².